The Morgan fingerprint density at radius 3 is 2.09 bits per heavy atom. The predicted octanol–water partition coefficient (Wildman–Crippen LogP) is 4.84. The van der Waals surface area contributed by atoms with Crippen LogP contribution in [0.15, 0.2) is 84.9 Å². The van der Waals surface area contributed by atoms with Crippen LogP contribution < -0.4 is 4.74 Å². The van der Waals surface area contributed by atoms with E-state index in [9.17, 15) is 9.90 Å². The summed E-state index contributed by atoms with van der Waals surface area (Å²) in [6, 6.07) is 27.6. The van der Waals surface area contributed by atoms with E-state index in [2.05, 4.69) is 17.0 Å². The van der Waals surface area contributed by atoms with Gasteiger partial charge in [0.1, 0.15) is 18.5 Å². The molecule has 0 aliphatic heterocycles. The van der Waals surface area contributed by atoms with Gasteiger partial charge in [-0.2, -0.15) is 0 Å². The van der Waals surface area contributed by atoms with Crippen molar-refractivity contribution >= 4 is 18.2 Å². The number of benzene rings is 3. The molecule has 170 valence electrons. The fraction of sp³-hybridized carbons (Fsp3) is 0.296. The van der Waals surface area contributed by atoms with E-state index in [1.807, 2.05) is 67.7 Å². The molecule has 0 spiro atoms. The summed E-state index contributed by atoms with van der Waals surface area (Å²) in [6.45, 7) is 1.52. The number of halogens is 1. The molecule has 0 amide bonds. The topological polar surface area (TPSA) is 49.8 Å². The van der Waals surface area contributed by atoms with Gasteiger partial charge in [0.2, 0.25) is 0 Å². The van der Waals surface area contributed by atoms with E-state index in [4.69, 9.17) is 4.74 Å². The first-order valence-corrected chi connectivity index (χ1v) is 10.8. The summed E-state index contributed by atoms with van der Waals surface area (Å²) in [6.07, 6.45) is 1.43. The van der Waals surface area contributed by atoms with Gasteiger partial charge in [-0.15, -0.1) is 12.4 Å². The zero-order valence-corrected chi connectivity index (χ0v) is 19.3. The van der Waals surface area contributed by atoms with Gasteiger partial charge < -0.3 is 14.7 Å². The lowest BCUT2D eigenvalue weighted by atomic mass is 10.0. The van der Waals surface area contributed by atoms with E-state index in [0.29, 0.717) is 30.7 Å². The molecule has 0 aromatic heterocycles. The van der Waals surface area contributed by atoms with Gasteiger partial charge in [-0.1, -0.05) is 72.8 Å². The second-order valence-electron chi connectivity index (χ2n) is 7.87. The maximum Gasteiger partial charge on any atom is 0.166 e. The van der Waals surface area contributed by atoms with Crippen LogP contribution in [0.2, 0.25) is 0 Å². The molecule has 3 rings (SSSR count). The van der Waals surface area contributed by atoms with Crippen molar-refractivity contribution in [3.63, 3.8) is 0 Å². The normalized spacial score (nSPS) is 11.6. The zero-order chi connectivity index (χ0) is 21.9. The van der Waals surface area contributed by atoms with Crippen LogP contribution >= 0.6 is 12.4 Å². The first kappa shape index (κ1) is 25.6. The van der Waals surface area contributed by atoms with Gasteiger partial charge in [-0.3, -0.25) is 4.79 Å². The second kappa shape index (κ2) is 13.7. The van der Waals surface area contributed by atoms with E-state index in [-0.39, 0.29) is 24.8 Å². The fourth-order valence-corrected chi connectivity index (χ4v) is 3.51. The lowest BCUT2D eigenvalue weighted by Gasteiger charge is -2.21. The van der Waals surface area contributed by atoms with Crippen molar-refractivity contribution < 1.29 is 14.6 Å². The van der Waals surface area contributed by atoms with E-state index in [1.54, 1.807) is 12.1 Å². The van der Waals surface area contributed by atoms with Crippen LogP contribution in [0.5, 0.6) is 5.75 Å². The average Bonchev–Trinajstić information content (AvgIpc) is 2.81. The molecule has 1 N–H and O–H groups in total. The minimum absolute atomic E-state index is 0. The molecule has 0 aliphatic rings. The number of para-hydroxylation sites is 1. The van der Waals surface area contributed by atoms with Gasteiger partial charge in [0.25, 0.3) is 0 Å². The standard InChI is InChI=1S/C27H31NO3.ClH/c1-28(19-18-23-12-6-3-7-13-23)20-24(29)21-31-27-15-9-8-14-25(27)26(30)17-16-22-10-4-2-5-11-22;/h2-15,24,29H,16-21H2,1H3;1H. The SMILES string of the molecule is CN(CCc1ccccc1)CC(O)COc1ccccc1C(=O)CCc1ccccc1.Cl. The highest BCUT2D eigenvalue weighted by Gasteiger charge is 2.15. The number of ketones is 1. The maximum absolute atomic E-state index is 12.7. The van der Waals surface area contributed by atoms with Gasteiger partial charge in [0, 0.05) is 19.5 Å². The Morgan fingerprint density at radius 2 is 1.44 bits per heavy atom. The molecule has 1 atom stereocenters. The Balaban J connectivity index is 0.00000363. The number of ether oxygens (including phenoxy) is 1. The number of likely N-dealkylation sites (N-methyl/N-ethyl adjacent to an activating group) is 1. The number of rotatable bonds is 12. The van der Waals surface area contributed by atoms with E-state index < -0.39 is 6.10 Å². The molecular formula is C27H32ClNO3. The van der Waals surface area contributed by atoms with E-state index >= 15 is 0 Å². The third-order valence-electron chi connectivity index (χ3n) is 5.25. The summed E-state index contributed by atoms with van der Waals surface area (Å²) in [5, 5.41) is 10.4. The number of aliphatic hydroxyl groups is 1. The maximum atomic E-state index is 12.7. The third kappa shape index (κ3) is 8.46. The Kier molecular flexibility index (Phi) is 10.9. The molecule has 0 saturated heterocycles. The van der Waals surface area contributed by atoms with Gasteiger partial charge in [-0.25, -0.2) is 0 Å². The molecule has 3 aromatic carbocycles. The van der Waals surface area contributed by atoms with Crippen molar-refractivity contribution in [2.45, 2.75) is 25.4 Å². The number of Topliss-reactive ketones (excluding diaryl/α,β-unsaturated/α-hetero) is 1. The number of hydrogen-bond acceptors (Lipinski definition) is 4. The molecule has 0 aliphatic carbocycles. The molecule has 32 heavy (non-hydrogen) atoms. The molecule has 0 heterocycles. The predicted molar refractivity (Wildman–Crippen MR) is 132 cm³/mol. The Hall–Kier alpha value is -2.66. The number of nitrogens with zero attached hydrogens (tertiary/aromatic N) is 1. The highest BCUT2D eigenvalue weighted by atomic mass is 35.5. The lowest BCUT2D eigenvalue weighted by Crippen LogP contribution is -2.34. The number of aliphatic hydroxyl groups excluding tert-OH is 1. The summed E-state index contributed by atoms with van der Waals surface area (Å²) in [5.41, 5.74) is 2.99. The minimum atomic E-state index is -0.631. The monoisotopic (exact) mass is 453 g/mol. The summed E-state index contributed by atoms with van der Waals surface area (Å²) >= 11 is 0. The zero-order valence-electron chi connectivity index (χ0n) is 18.5. The second-order valence-corrected chi connectivity index (χ2v) is 7.87. The highest BCUT2D eigenvalue weighted by molar-refractivity contribution is 5.98. The van der Waals surface area contributed by atoms with Crippen molar-refractivity contribution in [2.24, 2.45) is 0 Å². The summed E-state index contributed by atoms with van der Waals surface area (Å²) in [7, 11) is 1.99. The smallest absolute Gasteiger partial charge is 0.166 e. The Morgan fingerprint density at radius 1 is 0.875 bits per heavy atom. The summed E-state index contributed by atoms with van der Waals surface area (Å²) in [4.78, 5) is 14.8. The van der Waals surface area contributed by atoms with Crippen molar-refractivity contribution in [1.29, 1.82) is 0 Å². The molecule has 4 nitrogen and oxygen atoms in total. The average molecular weight is 454 g/mol. The van der Waals surface area contributed by atoms with E-state index in [0.717, 1.165) is 18.5 Å². The van der Waals surface area contributed by atoms with Crippen LogP contribution in [-0.2, 0) is 12.8 Å². The quantitative estimate of drug-likeness (QED) is 0.399. The molecule has 0 saturated carbocycles. The molecule has 0 fully saturated rings. The van der Waals surface area contributed by atoms with Crippen LogP contribution in [0.3, 0.4) is 0 Å². The van der Waals surface area contributed by atoms with Gasteiger partial charge in [-0.05, 0) is 43.1 Å². The first-order valence-electron chi connectivity index (χ1n) is 10.8. The number of carbonyl (C=O) groups excluding carboxylic acids is 1. The van der Waals surface area contributed by atoms with Crippen LogP contribution in [0.25, 0.3) is 0 Å². The lowest BCUT2D eigenvalue weighted by molar-refractivity contribution is 0.0754. The molecule has 5 heteroatoms. The Labute approximate surface area is 197 Å². The van der Waals surface area contributed by atoms with Crippen LogP contribution in [-0.4, -0.2) is 48.6 Å². The number of hydrogen-bond donors (Lipinski definition) is 1. The van der Waals surface area contributed by atoms with E-state index in [1.165, 1.54) is 5.56 Å². The molecule has 0 bridgehead atoms. The van der Waals surface area contributed by atoms with Crippen molar-refractivity contribution in [3.8, 4) is 5.75 Å². The van der Waals surface area contributed by atoms with Gasteiger partial charge in [0.15, 0.2) is 5.78 Å². The Bertz CT molecular complexity index is 934. The van der Waals surface area contributed by atoms with Crippen molar-refractivity contribution in [1.82, 2.24) is 4.90 Å². The van der Waals surface area contributed by atoms with Crippen LogP contribution in [0, 0.1) is 0 Å². The van der Waals surface area contributed by atoms with Crippen molar-refractivity contribution in [2.75, 3.05) is 26.7 Å². The van der Waals surface area contributed by atoms with Gasteiger partial charge >= 0.3 is 0 Å². The highest BCUT2D eigenvalue weighted by Crippen LogP contribution is 2.21. The third-order valence-corrected chi connectivity index (χ3v) is 5.25. The summed E-state index contributed by atoms with van der Waals surface area (Å²) in [5.74, 6) is 0.584. The molecular weight excluding hydrogens is 422 g/mol. The van der Waals surface area contributed by atoms with Crippen molar-refractivity contribution in [3.05, 3.63) is 102 Å². The molecule has 3 aromatic rings. The first-order chi connectivity index (χ1) is 15.1. The number of aryl methyl sites for hydroxylation is 1. The molecule has 1 unspecified atom stereocenters. The number of carbonyl (C=O) groups is 1. The fourth-order valence-electron chi connectivity index (χ4n) is 3.51. The largest absolute Gasteiger partial charge is 0.490 e. The van der Waals surface area contributed by atoms with Crippen LogP contribution in [0.1, 0.15) is 27.9 Å². The summed E-state index contributed by atoms with van der Waals surface area (Å²) < 4.78 is 5.84. The molecule has 0 radical (unpaired) electrons. The van der Waals surface area contributed by atoms with Crippen LogP contribution in [0.4, 0.5) is 0 Å². The van der Waals surface area contributed by atoms with Gasteiger partial charge in [0.05, 0.1) is 5.56 Å². The minimum Gasteiger partial charge on any atom is -0.490 e.